The lowest BCUT2D eigenvalue weighted by Crippen LogP contribution is -2.11. The molecule has 224 valence electrons. The highest BCUT2D eigenvalue weighted by molar-refractivity contribution is 5.90. The minimum absolute atomic E-state index is 0.00736. The summed E-state index contributed by atoms with van der Waals surface area (Å²) in [6.45, 7) is 6.88. The molecular weight excluding hydrogens is 552 g/mol. The number of ketones is 1. The van der Waals surface area contributed by atoms with Gasteiger partial charge in [0.25, 0.3) is 0 Å². The van der Waals surface area contributed by atoms with Crippen molar-refractivity contribution in [1.82, 2.24) is 0 Å². The van der Waals surface area contributed by atoms with Crippen molar-refractivity contribution in [2.24, 2.45) is 0 Å². The Morgan fingerprint density at radius 2 is 1.21 bits per heavy atom. The number of benzene rings is 2. The Morgan fingerprint density at radius 1 is 0.738 bits per heavy atom. The molecule has 12 nitrogen and oxygen atoms in total. The van der Waals surface area contributed by atoms with Crippen LogP contribution in [0.15, 0.2) is 73.5 Å². The number of hydrogen-bond donors (Lipinski definition) is 1. The second kappa shape index (κ2) is 17.4. The summed E-state index contributed by atoms with van der Waals surface area (Å²) < 4.78 is 35.1. The topological polar surface area (TPSA) is 153 Å². The lowest BCUT2D eigenvalue weighted by molar-refractivity contribution is -0.114. The molecule has 0 aliphatic heterocycles. The maximum atomic E-state index is 12.6. The summed E-state index contributed by atoms with van der Waals surface area (Å²) in [5, 5.41) is 9.14. The molecule has 0 heterocycles. The highest BCUT2D eigenvalue weighted by atomic mass is 16.7. The van der Waals surface area contributed by atoms with Gasteiger partial charge < -0.3 is 38.3 Å². The number of carboxylic acid groups (broad SMARTS) is 1. The van der Waals surface area contributed by atoms with Crippen LogP contribution in [0.4, 0.5) is 14.4 Å². The van der Waals surface area contributed by atoms with E-state index in [4.69, 9.17) is 38.3 Å². The zero-order valence-corrected chi connectivity index (χ0v) is 23.3. The van der Waals surface area contributed by atoms with E-state index in [9.17, 15) is 19.2 Å². The number of ether oxygens (including phenoxy) is 7. The van der Waals surface area contributed by atoms with Crippen molar-refractivity contribution in [2.45, 2.75) is 25.7 Å². The maximum absolute atomic E-state index is 12.6. The summed E-state index contributed by atoms with van der Waals surface area (Å²) in [6, 6.07) is 9.54. The second-order valence-electron chi connectivity index (χ2n) is 8.32. The van der Waals surface area contributed by atoms with Gasteiger partial charge in [-0.05, 0) is 48.2 Å². The first-order valence-corrected chi connectivity index (χ1v) is 12.6. The molecule has 0 radical (unpaired) electrons. The molecule has 0 spiro atoms. The van der Waals surface area contributed by atoms with Crippen LogP contribution in [-0.4, -0.2) is 56.8 Å². The predicted molar refractivity (Wildman–Crippen MR) is 149 cm³/mol. The number of aryl methyl sites for hydroxylation is 2. The summed E-state index contributed by atoms with van der Waals surface area (Å²) in [5.74, 6) is 0.386. The van der Waals surface area contributed by atoms with Gasteiger partial charge in [0.15, 0.2) is 28.8 Å². The molecule has 0 atom stereocenters. The van der Waals surface area contributed by atoms with E-state index in [-0.39, 0.29) is 67.0 Å². The van der Waals surface area contributed by atoms with Gasteiger partial charge in [-0.15, -0.1) is 0 Å². The lowest BCUT2D eigenvalue weighted by atomic mass is 10.0. The van der Waals surface area contributed by atoms with Crippen molar-refractivity contribution in [2.75, 3.05) is 27.4 Å². The number of methoxy groups -OCH3 is 2. The SMILES string of the molecule is C=CCOC(=O)Oc1ccc(CCC(=O)/C=C(/CCc2ccc(OC(=O)OCC=C)c(OC)c2)OC(=O)O)cc1OC. The smallest absolute Gasteiger partial charge is 0.493 e. The van der Waals surface area contributed by atoms with Crippen LogP contribution in [0.5, 0.6) is 23.0 Å². The van der Waals surface area contributed by atoms with Gasteiger partial charge in [-0.2, -0.15) is 0 Å². The Morgan fingerprint density at radius 3 is 1.64 bits per heavy atom. The van der Waals surface area contributed by atoms with Crippen molar-refractivity contribution in [1.29, 1.82) is 0 Å². The van der Waals surface area contributed by atoms with Crippen LogP contribution >= 0.6 is 0 Å². The maximum Gasteiger partial charge on any atom is 0.514 e. The normalized spacial score (nSPS) is 10.6. The summed E-state index contributed by atoms with van der Waals surface area (Å²) in [7, 11) is 2.80. The van der Waals surface area contributed by atoms with E-state index in [0.29, 0.717) is 17.5 Å². The zero-order chi connectivity index (χ0) is 30.9. The molecule has 0 saturated carbocycles. The molecule has 0 amide bonds. The Labute approximate surface area is 242 Å². The average Bonchev–Trinajstić information content (AvgIpc) is 2.97. The molecule has 0 aromatic heterocycles. The van der Waals surface area contributed by atoms with Crippen molar-refractivity contribution >= 4 is 24.2 Å². The molecule has 2 aromatic carbocycles. The summed E-state index contributed by atoms with van der Waals surface area (Å²) >= 11 is 0. The van der Waals surface area contributed by atoms with E-state index in [0.717, 1.165) is 6.08 Å². The highest BCUT2D eigenvalue weighted by Gasteiger charge is 2.15. The number of carbonyl (C=O) groups excluding carboxylic acids is 3. The van der Waals surface area contributed by atoms with E-state index in [1.165, 1.54) is 38.5 Å². The average molecular weight is 585 g/mol. The summed E-state index contributed by atoms with van der Waals surface area (Å²) in [6.07, 6.45) is 1.25. The van der Waals surface area contributed by atoms with E-state index in [1.807, 2.05) is 0 Å². The first kappa shape index (κ1) is 32.9. The van der Waals surface area contributed by atoms with Crippen LogP contribution in [0.25, 0.3) is 0 Å². The Hall–Kier alpha value is -5.26. The zero-order valence-electron chi connectivity index (χ0n) is 23.3. The third kappa shape index (κ3) is 11.5. The molecule has 12 heteroatoms. The molecule has 0 fully saturated rings. The highest BCUT2D eigenvalue weighted by Crippen LogP contribution is 2.30. The van der Waals surface area contributed by atoms with Gasteiger partial charge in [0, 0.05) is 18.9 Å². The van der Waals surface area contributed by atoms with Crippen molar-refractivity contribution in [3.63, 3.8) is 0 Å². The molecule has 0 bridgehead atoms. The van der Waals surface area contributed by atoms with Crippen molar-refractivity contribution in [3.8, 4) is 23.0 Å². The van der Waals surface area contributed by atoms with E-state index in [2.05, 4.69) is 13.2 Å². The fourth-order valence-corrected chi connectivity index (χ4v) is 3.45. The first-order valence-electron chi connectivity index (χ1n) is 12.6. The van der Waals surface area contributed by atoms with Crippen LogP contribution in [0.1, 0.15) is 24.0 Å². The van der Waals surface area contributed by atoms with Gasteiger partial charge in [-0.25, -0.2) is 14.4 Å². The molecule has 2 rings (SSSR count). The largest absolute Gasteiger partial charge is 0.514 e. The third-order valence-corrected chi connectivity index (χ3v) is 5.34. The van der Waals surface area contributed by atoms with Crippen LogP contribution in [0.2, 0.25) is 0 Å². The fraction of sp³-hybridized carbons (Fsp3) is 0.267. The third-order valence-electron chi connectivity index (χ3n) is 5.34. The van der Waals surface area contributed by atoms with Gasteiger partial charge in [0.1, 0.15) is 19.0 Å². The summed E-state index contributed by atoms with van der Waals surface area (Å²) in [5.41, 5.74) is 1.41. The molecule has 1 N–H and O–H groups in total. The molecule has 0 aliphatic rings. The molecule has 0 aliphatic carbocycles. The minimum Gasteiger partial charge on any atom is -0.493 e. The molecule has 42 heavy (non-hydrogen) atoms. The van der Waals surface area contributed by atoms with Gasteiger partial charge in [0.05, 0.1) is 14.2 Å². The minimum atomic E-state index is -1.56. The molecule has 2 aromatic rings. The number of carbonyl (C=O) groups is 4. The Balaban J connectivity index is 2.03. The van der Waals surface area contributed by atoms with Gasteiger partial charge in [-0.1, -0.05) is 37.4 Å². The van der Waals surface area contributed by atoms with Crippen LogP contribution in [0.3, 0.4) is 0 Å². The molecule has 0 saturated heterocycles. The quantitative estimate of drug-likeness (QED) is 0.0631. The van der Waals surface area contributed by atoms with E-state index >= 15 is 0 Å². The Kier molecular flexibility index (Phi) is 13.7. The second-order valence-corrected chi connectivity index (χ2v) is 8.32. The van der Waals surface area contributed by atoms with Crippen LogP contribution in [0, 0.1) is 0 Å². The van der Waals surface area contributed by atoms with E-state index in [1.54, 1.807) is 24.3 Å². The van der Waals surface area contributed by atoms with Crippen molar-refractivity contribution in [3.05, 3.63) is 84.7 Å². The fourth-order valence-electron chi connectivity index (χ4n) is 3.45. The van der Waals surface area contributed by atoms with Gasteiger partial charge in [-0.3, -0.25) is 4.79 Å². The van der Waals surface area contributed by atoms with E-state index < -0.39 is 18.5 Å². The Bertz CT molecular complexity index is 1310. The van der Waals surface area contributed by atoms with Crippen molar-refractivity contribution < 1.29 is 57.4 Å². The van der Waals surface area contributed by atoms with Crippen LogP contribution in [-0.2, 0) is 31.8 Å². The monoisotopic (exact) mass is 584 g/mol. The first-order chi connectivity index (χ1) is 20.2. The predicted octanol–water partition coefficient (Wildman–Crippen LogP) is 5.82. The lowest BCUT2D eigenvalue weighted by Gasteiger charge is -2.12. The number of allylic oxidation sites excluding steroid dienone is 2. The summed E-state index contributed by atoms with van der Waals surface area (Å²) in [4.78, 5) is 47.3. The standard InChI is InChI=1S/C30H32O12/c1-5-15-38-29(34)41-24-13-9-20(17-26(24)36-3)7-11-22(31)19-23(40-28(32)33)12-8-21-10-14-25(27(18-21)37-4)42-30(35)39-16-6-2/h5-6,9-10,13-14,17-19H,1-2,7-8,11-12,15-16H2,3-4H3,(H,32,33)/b23-19-. The van der Waals surface area contributed by atoms with Gasteiger partial charge >= 0.3 is 18.5 Å². The molecular formula is C30H32O12. The number of hydrogen-bond acceptors (Lipinski definition) is 11. The van der Waals surface area contributed by atoms with Gasteiger partial charge in [0.2, 0.25) is 0 Å². The number of rotatable bonds is 16. The molecule has 0 unspecified atom stereocenters. The van der Waals surface area contributed by atoms with Crippen LogP contribution < -0.4 is 18.9 Å².